The van der Waals surface area contributed by atoms with Crippen LogP contribution in [0.2, 0.25) is 0 Å². The number of nitro groups is 1. The van der Waals surface area contributed by atoms with Crippen LogP contribution in [-0.4, -0.2) is 28.7 Å². The van der Waals surface area contributed by atoms with Crippen LogP contribution in [-0.2, 0) is 0 Å². The molecule has 1 N–H and O–H groups in total. The molecule has 2 aromatic carbocycles. The van der Waals surface area contributed by atoms with Crippen molar-refractivity contribution in [2.24, 2.45) is 0 Å². The van der Waals surface area contributed by atoms with E-state index in [1.165, 1.54) is 31.5 Å². The highest BCUT2D eigenvalue weighted by Gasteiger charge is 2.21. The van der Waals surface area contributed by atoms with E-state index in [0.717, 1.165) is 6.07 Å². The fourth-order valence-electron chi connectivity index (χ4n) is 2.60. The molecule has 0 fully saturated rings. The van der Waals surface area contributed by atoms with Crippen LogP contribution in [0.25, 0.3) is 0 Å². The summed E-state index contributed by atoms with van der Waals surface area (Å²) < 4.78 is 5.07. The molecular formula is C20H15N3O5. The number of pyridine rings is 1. The fraction of sp³-hybridized carbons (Fsp3) is 0.0500. The summed E-state index contributed by atoms with van der Waals surface area (Å²) in [5.74, 6) is -0.878. The van der Waals surface area contributed by atoms with Gasteiger partial charge in [-0.2, -0.15) is 0 Å². The summed E-state index contributed by atoms with van der Waals surface area (Å²) in [6.45, 7) is 0. The molecular weight excluding hydrogens is 362 g/mol. The van der Waals surface area contributed by atoms with Gasteiger partial charge in [-0.1, -0.05) is 30.3 Å². The molecule has 0 aliphatic heterocycles. The number of rotatable bonds is 6. The highest BCUT2D eigenvalue weighted by molar-refractivity contribution is 6.16. The van der Waals surface area contributed by atoms with Gasteiger partial charge in [-0.25, -0.2) is 4.98 Å². The summed E-state index contributed by atoms with van der Waals surface area (Å²) in [6, 6.07) is 15.1. The molecule has 3 rings (SSSR count). The Morgan fingerprint density at radius 3 is 2.46 bits per heavy atom. The molecule has 0 atom stereocenters. The van der Waals surface area contributed by atoms with Gasteiger partial charge >= 0.3 is 0 Å². The van der Waals surface area contributed by atoms with E-state index < -0.39 is 16.6 Å². The number of ether oxygens (including phenoxy) is 1. The molecule has 140 valence electrons. The Labute approximate surface area is 159 Å². The van der Waals surface area contributed by atoms with Crippen molar-refractivity contribution in [3.63, 3.8) is 0 Å². The molecule has 1 aromatic heterocycles. The van der Waals surface area contributed by atoms with E-state index in [1.807, 2.05) is 0 Å². The number of nitro benzene ring substituents is 1. The molecule has 8 nitrogen and oxygen atoms in total. The quantitative estimate of drug-likeness (QED) is 0.400. The van der Waals surface area contributed by atoms with E-state index in [1.54, 1.807) is 36.4 Å². The third kappa shape index (κ3) is 3.85. The molecule has 0 saturated heterocycles. The molecule has 0 bridgehead atoms. The number of hydrogen-bond donors (Lipinski definition) is 1. The Morgan fingerprint density at radius 1 is 1.04 bits per heavy atom. The first kappa shape index (κ1) is 18.7. The number of aromatic nitrogens is 1. The van der Waals surface area contributed by atoms with Crippen molar-refractivity contribution in [1.82, 2.24) is 4.98 Å². The van der Waals surface area contributed by atoms with Crippen molar-refractivity contribution in [1.29, 1.82) is 0 Å². The van der Waals surface area contributed by atoms with Crippen LogP contribution in [0.4, 0.5) is 11.4 Å². The molecule has 0 aliphatic rings. The highest BCUT2D eigenvalue weighted by Crippen LogP contribution is 2.26. The normalized spacial score (nSPS) is 10.2. The summed E-state index contributed by atoms with van der Waals surface area (Å²) in [7, 11) is 1.38. The maximum absolute atomic E-state index is 12.9. The Kier molecular flexibility index (Phi) is 5.40. The van der Waals surface area contributed by atoms with Gasteiger partial charge in [0.15, 0.2) is 5.78 Å². The number of non-ortho nitro benzene ring substituents is 1. The molecule has 3 aromatic rings. The zero-order chi connectivity index (χ0) is 20.1. The second kappa shape index (κ2) is 8.09. The molecule has 0 radical (unpaired) electrons. The Morgan fingerprint density at radius 2 is 1.79 bits per heavy atom. The van der Waals surface area contributed by atoms with Crippen molar-refractivity contribution in [3.8, 4) is 5.88 Å². The standard InChI is InChI=1S/C20H15N3O5/c1-28-20-15(8-5-11-21-20)19(25)22-17-10-9-14(23(26)27)12-16(17)18(24)13-6-3-2-4-7-13/h2-12H,1H3,(H,22,25). The number of amides is 1. The summed E-state index contributed by atoms with van der Waals surface area (Å²) >= 11 is 0. The number of carbonyl (C=O) groups is 2. The van der Waals surface area contributed by atoms with Gasteiger partial charge in [0.1, 0.15) is 5.56 Å². The van der Waals surface area contributed by atoms with Crippen molar-refractivity contribution in [2.75, 3.05) is 12.4 Å². The van der Waals surface area contributed by atoms with Crippen LogP contribution in [0.1, 0.15) is 26.3 Å². The first-order chi connectivity index (χ1) is 13.5. The fourth-order valence-corrected chi connectivity index (χ4v) is 2.60. The van der Waals surface area contributed by atoms with Gasteiger partial charge in [0.25, 0.3) is 11.6 Å². The van der Waals surface area contributed by atoms with Crippen molar-refractivity contribution in [2.45, 2.75) is 0 Å². The molecule has 1 heterocycles. The van der Waals surface area contributed by atoms with Crippen LogP contribution in [0, 0.1) is 10.1 Å². The summed E-state index contributed by atoms with van der Waals surface area (Å²) in [5, 5.41) is 13.7. The average Bonchev–Trinajstić information content (AvgIpc) is 2.73. The van der Waals surface area contributed by atoms with Gasteiger partial charge in [0.2, 0.25) is 5.88 Å². The zero-order valence-corrected chi connectivity index (χ0v) is 14.8. The number of hydrogen-bond acceptors (Lipinski definition) is 6. The lowest BCUT2D eigenvalue weighted by Gasteiger charge is -2.12. The van der Waals surface area contributed by atoms with Crippen LogP contribution in [0.15, 0.2) is 66.9 Å². The lowest BCUT2D eigenvalue weighted by atomic mass is 10.0. The van der Waals surface area contributed by atoms with E-state index >= 15 is 0 Å². The van der Waals surface area contributed by atoms with Crippen LogP contribution in [0.5, 0.6) is 5.88 Å². The van der Waals surface area contributed by atoms with Crippen molar-refractivity contribution < 1.29 is 19.2 Å². The second-order valence-corrected chi connectivity index (χ2v) is 5.70. The van der Waals surface area contributed by atoms with E-state index in [4.69, 9.17) is 4.74 Å². The minimum atomic E-state index is -0.600. The number of ketones is 1. The smallest absolute Gasteiger partial charge is 0.270 e. The minimum absolute atomic E-state index is 0.0107. The monoisotopic (exact) mass is 377 g/mol. The van der Waals surface area contributed by atoms with Crippen LogP contribution in [0.3, 0.4) is 0 Å². The number of nitrogens with zero attached hydrogens (tertiary/aromatic N) is 2. The van der Waals surface area contributed by atoms with Crippen LogP contribution < -0.4 is 10.1 Å². The summed E-state index contributed by atoms with van der Waals surface area (Å²) in [6.07, 6.45) is 1.48. The van der Waals surface area contributed by atoms with Crippen molar-refractivity contribution >= 4 is 23.1 Å². The third-order valence-corrected chi connectivity index (χ3v) is 3.95. The van der Waals surface area contributed by atoms with E-state index in [2.05, 4.69) is 10.3 Å². The average molecular weight is 377 g/mol. The molecule has 8 heteroatoms. The number of benzene rings is 2. The summed E-state index contributed by atoms with van der Waals surface area (Å²) in [4.78, 5) is 40.0. The predicted molar refractivity (Wildman–Crippen MR) is 102 cm³/mol. The SMILES string of the molecule is COc1ncccc1C(=O)Nc1ccc([N+](=O)[O-])cc1C(=O)c1ccccc1. The molecule has 0 unspecified atom stereocenters. The van der Waals surface area contributed by atoms with Crippen LogP contribution >= 0.6 is 0 Å². The topological polar surface area (TPSA) is 111 Å². The van der Waals surface area contributed by atoms with E-state index in [9.17, 15) is 19.7 Å². The lowest BCUT2D eigenvalue weighted by molar-refractivity contribution is -0.384. The number of anilines is 1. The number of nitrogens with one attached hydrogen (secondary N) is 1. The predicted octanol–water partition coefficient (Wildman–Crippen LogP) is 3.48. The first-order valence-corrected chi connectivity index (χ1v) is 8.20. The molecule has 0 saturated carbocycles. The molecule has 28 heavy (non-hydrogen) atoms. The maximum atomic E-state index is 12.9. The maximum Gasteiger partial charge on any atom is 0.270 e. The Bertz CT molecular complexity index is 1050. The van der Waals surface area contributed by atoms with Gasteiger partial charge in [0.05, 0.1) is 23.3 Å². The van der Waals surface area contributed by atoms with Gasteiger partial charge in [-0.05, 0) is 18.2 Å². The molecule has 0 aliphatic carbocycles. The Hall–Kier alpha value is -4.07. The second-order valence-electron chi connectivity index (χ2n) is 5.70. The Balaban J connectivity index is 2.02. The number of methoxy groups -OCH3 is 1. The number of carbonyl (C=O) groups excluding carboxylic acids is 2. The zero-order valence-electron chi connectivity index (χ0n) is 14.8. The van der Waals surface area contributed by atoms with E-state index in [0.29, 0.717) is 5.56 Å². The minimum Gasteiger partial charge on any atom is -0.480 e. The highest BCUT2D eigenvalue weighted by atomic mass is 16.6. The van der Waals surface area contributed by atoms with Gasteiger partial charge < -0.3 is 10.1 Å². The molecule has 0 spiro atoms. The largest absolute Gasteiger partial charge is 0.480 e. The van der Waals surface area contributed by atoms with Gasteiger partial charge in [0, 0.05) is 23.9 Å². The van der Waals surface area contributed by atoms with Gasteiger partial charge in [-0.3, -0.25) is 19.7 Å². The lowest BCUT2D eigenvalue weighted by Crippen LogP contribution is -2.16. The first-order valence-electron chi connectivity index (χ1n) is 8.20. The molecule has 1 amide bonds. The third-order valence-electron chi connectivity index (χ3n) is 3.95. The summed E-state index contributed by atoms with van der Waals surface area (Å²) in [5.41, 5.74) is 0.419. The van der Waals surface area contributed by atoms with E-state index in [-0.39, 0.29) is 28.4 Å². The van der Waals surface area contributed by atoms with Crippen molar-refractivity contribution in [3.05, 3.63) is 93.7 Å². The van der Waals surface area contributed by atoms with Gasteiger partial charge in [-0.15, -0.1) is 0 Å².